The van der Waals surface area contributed by atoms with Gasteiger partial charge in [0.05, 0.1) is 19.1 Å². The van der Waals surface area contributed by atoms with Gasteiger partial charge >= 0.3 is 0 Å². The molecule has 0 radical (unpaired) electrons. The third-order valence-corrected chi connectivity index (χ3v) is 5.44. The Morgan fingerprint density at radius 1 is 1.11 bits per heavy atom. The van der Waals surface area contributed by atoms with Gasteiger partial charge in [0.25, 0.3) is 0 Å². The molecule has 2 aromatic rings. The van der Waals surface area contributed by atoms with E-state index < -0.39 is 16.1 Å². The first-order valence-electron chi connectivity index (χ1n) is 8.78. The summed E-state index contributed by atoms with van der Waals surface area (Å²) in [6, 6.07) is 15.6. The van der Waals surface area contributed by atoms with Crippen molar-refractivity contribution in [3.05, 3.63) is 60.2 Å². The molecule has 2 rings (SSSR count). The van der Waals surface area contributed by atoms with Crippen molar-refractivity contribution in [1.29, 1.82) is 0 Å². The number of ether oxygens (including phenoxy) is 1. The van der Waals surface area contributed by atoms with Crippen molar-refractivity contribution < 1.29 is 17.9 Å². The minimum Gasteiger partial charge on any atom is -0.497 e. The molecular formula is C20H26N2O4S. The van der Waals surface area contributed by atoms with Gasteiger partial charge in [0.1, 0.15) is 11.8 Å². The molecular weight excluding hydrogens is 364 g/mol. The molecule has 0 spiro atoms. The summed E-state index contributed by atoms with van der Waals surface area (Å²) < 4.78 is 30.6. The molecule has 27 heavy (non-hydrogen) atoms. The van der Waals surface area contributed by atoms with Crippen LogP contribution in [0.1, 0.15) is 18.9 Å². The van der Waals surface area contributed by atoms with Crippen LogP contribution in [0.25, 0.3) is 0 Å². The summed E-state index contributed by atoms with van der Waals surface area (Å²) in [5.74, 6) is 0.488. The molecule has 0 bridgehead atoms. The fourth-order valence-electron chi connectivity index (χ4n) is 2.83. The molecule has 0 unspecified atom stereocenters. The lowest BCUT2D eigenvalue weighted by molar-refractivity contribution is -0.121. The molecule has 1 atom stereocenters. The van der Waals surface area contributed by atoms with E-state index in [1.54, 1.807) is 44.4 Å². The van der Waals surface area contributed by atoms with Gasteiger partial charge in [-0.15, -0.1) is 0 Å². The third-order valence-electron chi connectivity index (χ3n) is 4.20. The van der Waals surface area contributed by atoms with Crippen LogP contribution in [-0.4, -0.2) is 40.3 Å². The predicted octanol–water partition coefficient (Wildman–Crippen LogP) is 2.60. The van der Waals surface area contributed by atoms with E-state index in [1.165, 1.54) is 0 Å². The van der Waals surface area contributed by atoms with Crippen LogP contribution < -0.4 is 14.4 Å². The van der Waals surface area contributed by atoms with Crippen molar-refractivity contribution in [3.63, 3.8) is 0 Å². The lowest BCUT2D eigenvalue weighted by Crippen LogP contribution is -2.48. The smallest absolute Gasteiger partial charge is 0.243 e. The normalized spacial score (nSPS) is 12.3. The highest BCUT2D eigenvalue weighted by atomic mass is 32.2. The number of anilines is 1. The average molecular weight is 391 g/mol. The standard InChI is InChI=1S/C20H26N2O4S/c1-16(22(27(3,24)25)18-9-5-4-6-10-18)20(23)21-15-7-8-17-11-13-19(26-2)14-12-17/h4-6,9-14,16H,7-8,15H2,1-3H3,(H,21,23)/t16-/m1/s1. The highest BCUT2D eigenvalue weighted by molar-refractivity contribution is 7.92. The molecule has 1 amide bonds. The molecule has 2 aromatic carbocycles. The topological polar surface area (TPSA) is 75.7 Å². The van der Waals surface area contributed by atoms with Gasteiger partial charge in [-0.25, -0.2) is 8.42 Å². The molecule has 0 saturated heterocycles. The van der Waals surface area contributed by atoms with Gasteiger partial charge in [-0.05, 0) is 49.6 Å². The van der Waals surface area contributed by atoms with Gasteiger partial charge in [-0.3, -0.25) is 9.10 Å². The number of hydrogen-bond donors (Lipinski definition) is 1. The lowest BCUT2D eigenvalue weighted by atomic mass is 10.1. The van der Waals surface area contributed by atoms with Crippen LogP contribution in [0.15, 0.2) is 54.6 Å². The number of carbonyl (C=O) groups is 1. The average Bonchev–Trinajstić information content (AvgIpc) is 2.65. The van der Waals surface area contributed by atoms with E-state index in [0.717, 1.165) is 34.7 Å². The van der Waals surface area contributed by atoms with Gasteiger partial charge < -0.3 is 10.1 Å². The number of nitrogens with one attached hydrogen (secondary N) is 1. The van der Waals surface area contributed by atoms with E-state index in [4.69, 9.17) is 4.74 Å². The number of methoxy groups -OCH3 is 1. The van der Waals surface area contributed by atoms with Crippen LogP contribution in [0.2, 0.25) is 0 Å². The van der Waals surface area contributed by atoms with Gasteiger partial charge in [0.2, 0.25) is 15.9 Å². The number of para-hydroxylation sites is 1. The minimum absolute atomic E-state index is 0.320. The predicted molar refractivity (Wildman–Crippen MR) is 108 cm³/mol. The monoisotopic (exact) mass is 390 g/mol. The molecule has 0 aromatic heterocycles. The molecule has 6 nitrogen and oxygen atoms in total. The summed E-state index contributed by atoms with van der Waals surface area (Å²) in [6.07, 6.45) is 2.68. The highest BCUT2D eigenvalue weighted by Gasteiger charge is 2.28. The number of sulfonamides is 1. The second kappa shape index (κ2) is 9.41. The Balaban J connectivity index is 1.91. The van der Waals surface area contributed by atoms with Crippen molar-refractivity contribution in [3.8, 4) is 5.75 Å². The van der Waals surface area contributed by atoms with E-state index >= 15 is 0 Å². The number of rotatable bonds is 9. The lowest BCUT2D eigenvalue weighted by Gasteiger charge is -2.28. The number of amides is 1. The van der Waals surface area contributed by atoms with E-state index in [1.807, 2.05) is 24.3 Å². The summed E-state index contributed by atoms with van der Waals surface area (Å²) in [5, 5.41) is 2.83. The van der Waals surface area contributed by atoms with E-state index in [9.17, 15) is 13.2 Å². The zero-order valence-electron chi connectivity index (χ0n) is 15.9. The van der Waals surface area contributed by atoms with Crippen LogP contribution in [0.5, 0.6) is 5.75 Å². The Kier molecular flexibility index (Phi) is 7.24. The Labute approximate surface area is 161 Å². The molecule has 0 aliphatic heterocycles. The molecule has 146 valence electrons. The summed E-state index contributed by atoms with van der Waals surface area (Å²) in [7, 11) is -1.96. The summed E-state index contributed by atoms with van der Waals surface area (Å²) in [4.78, 5) is 12.5. The van der Waals surface area contributed by atoms with Crippen LogP contribution in [0, 0.1) is 0 Å². The molecule has 0 aliphatic carbocycles. The van der Waals surface area contributed by atoms with Crippen molar-refractivity contribution >= 4 is 21.6 Å². The van der Waals surface area contributed by atoms with Gasteiger partial charge in [-0.2, -0.15) is 0 Å². The first-order valence-corrected chi connectivity index (χ1v) is 10.6. The maximum atomic E-state index is 12.5. The maximum Gasteiger partial charge on any atom is 0.243 e. The number of benzene rings is 2. The summed E-state index contributed by atoms with van der Waals surface area (Å²) >= 11 is 0. The molecule has 0 heterocycles. The number of aryl methyl sites for hydroxylation is 1. The quantitative estimate of drug-likeness (QED) is 0.668. The van der Waals surface area contributed by atoms with Gasteiger partial charge in [-0.1, -0.05) is 30.3 Å². The van der Waals surface area contributed by atoms with Crippen LogP contribution in [-0.2, 0) is 21.2 Å². The largest absolute Gasteiger partial charge is 0.497 e. The van der Waals surface area contributed by atoms with Gasteiger partial charge in [0.15, 0.2) is 0 Å². The molecule has 7 heteroatoms. The van der Waals surface area contributed by atoms with Gasteiger partial charge in [0, 0.05) is 6.54 Å². The fourth-order valence-corrected chi connectivity index (χ4v) is 4.00. The molecule has 0 saturated carbocycles. The highest BCUT2D eigenvalue weighted by Crippen LogP contribution is 2.20. The number of carbonyl (C=O) groups excluding carboxylic acids is 1. The van der Waals surface area contributed by atoms with Crippen LogP contribution >= 0.6 is 0 Å². The SMILES string of the molecule is COc1ccc(CCCNC(=O)[C@@H](C)N(c2ccccc2)S(C)(=O)=O)cc1. The van der Waals surface area contributed by atoms with Crippen molar-refractivity contribution in [1.82, 2.24) is 5.32 Å². The fraction of sp³-hybridized carbons (Fsp3) is 0.350. The Hall–Kier alpha value is -2.54. The molecule has 0 fully saturated rings. The summed E-state index contributed by atoms with van der Waals surface area (Å²) in [6.45, 7) is 2.06. The summed E-state index contributed by atoms with van der Waals surface area (Å²) in [5.41, 5.74) is 1.63. The second-order valence-corrected chi connectivity index (χ2v) is 8.17. The number of hydrogen-bond acceptors (Lipinski definition) is 4. The Morgan fingerprint density at radius 3 is 2.30 bits per heavy atom. The zero-order valence-corrected chi connectivity index (χ0v) is 16.7. The molecule has 0 aliphatic rings. The third kappa shape index (κ3) is 5.99. The van der Waals surface area contributed by atoms with E-state index in [0.29, 0.717) is 12.2 Å². The Morgan fingerprint density at radius 2 is 1.74 bits per heavy atom. The maximum absolute atomic E-state index is 12.5. The van der Waals surface area contributed by atoms with Crippen molar-refractivity contribution in [2.24, 2.45) is 0 Å². The van der Waals surface area contributed by atoms with E-state index in [2.05, 4.69) is 5.32 Å². The van der Waals surface area contributed by atoms with Crippen LogP contribution in [0.4, 0.5) is 5.69 Å². The zero-order chi connectivity index (χ0) is 19.9. The first kappa shape index (κ1) is 20.8. The van der Waals surface area contributed by atoms with Crippen LogP contribution in [0.3, 0.4) is 0 Å². The minimum atomic E-state index is -3.58. The van der Waals surface area contributed by atoms with Crippen molar-refractivity contribution in [2.45, 2.75) is 25.8 Å². The van der Waals surface area contributed by atoms with Crippen molar-refractivity contribution in [2.75, 3.05) is 24.2 Å². The Bertz CT molecular complexity index is 836. The first-order chi connectivity index (χ1) is 12.8. The van der Waals surface area contributed by atoms with E-state index in [-0.39, 0.29) is 5.91 Å². The second-order valence-electron chi connectivity index (χ2n) is 6.31. The molecule has 1 N–H and O–H groups in total. The number of nitrogens with zero attached hydrogens (tertiary/aromatic N) is 1.